The Morgan fingerprint density at radius 1 is 1.50 bits per heavy atom. The van der Waals surface area contributed by atoms with Crippen molar-refractivity contribution in [2.24, 2.45) is 5.92 Å². The quantitative estimate of drug-likeness (QED) is 0.624. The number of carbonyl (C=O) groups excluding carboxylic acids is 1. The van der Waals surface area contributed by atoms with Crippen LogP contribution in [-0.2, 0) is 14.3 Å². The Morgan fingerprint density at radius 3 is 3.00 bits per heavy atom. The zero-order valence-electron chi connectivity index (χ0n) is 11.5. The first kappa shape index (κ1) is 15.4. The van der Waals surface area contributed by atoms with E-state index in [4.69, 9.17) is 9.47 Å². The molecule has 0 aromatic carbocycles. The number of rotatable bonds is 8. The molecular weight excluding hydrogens is 232 g/mol. The lowest BCUT2D eigenvalue weighted by atomic mass is 9.97. The summed E-state index contributed by atoms with van der Waals surface area (Å²) in [5.74, 6) is 0.635. The van der Waals surface area contributed by atoms with Gasteiger partial charge in [0.2, 0.25) is 5.91 Å². The van der Waals surface area contributed by atoms with Crippen molar-refractivity contribution in [3.63, 3.8) is 0 Å². The zero-order valence-corrected chi connectivity index (χ0v) is 11.5. The molecule has 0 saturated carbocycles. The van der Waals surface area contributed by atoms with Gasteiger partial charge in [0.15, 0.2) is 0 Å². The van der Waals surface area contributed by atoms with E-state index < -0.39 is 0 Å². The molecule has 0 radical (unpaired) electrons. The van der Waals surface area contributed by atoms with Crippen LogP contribution >= 0.6 is 0 Å². The predicted octanol–water partition coefficient (Wildman–Crippen LogP) is 0.544. The Kier molecular flexibility index (Phi) is 7.96. The van der Waals surface area contributed by atoms with Crippen LogP contribution in [0.1, 0.15) is 26.2 Å². The molecule has 1 aliphatic heterocycles. The molecular formula is C13H26N2O3. The van der Waals surface area contributed by atoms with E-state index in [0.29, 0.717) is 25.7 Å². The molecule has 2 N–H and O–H groups in total. The number of amides is 1. The van der Waals surface area contributed by atoms with Gasteiger partial charge in [-0.3, -0.25) is 4.79 Å². The van der Waals surface area contributed by atoms with Gasteiger partial charge in [-0.25, -0.2) is 0 Å². The first-order valence-corrected chi connectivity index (χ1v) is 6.83. The number of nitrogens with one attached hydrogen (secondary N) is 2. The summed E-state index contributed by atoms with van der Waals surface area (Å²) in [4.78, 5) is 11.6. The fourth-order valence-corrected chi connectivity index (χ4v) is 2.08. The lowest BCUT2D eigenvalue weighted by Crippen LogP contribution is -2.37. The first-order valence-electron chi connectivity index (χ1n) is 6.83. The minimum atomic E-state index is -0.376. The highest BCUT2D eigenvalue weighted by molar-refractivity contribution is 5.80. The average Bonchev–Trinajstić information content (AvgIpc) is 2.40. The highest BCUT2D eigenvalue weighted by atomic mass is 16.5. The lowest BCUT2D eigenvalue weighted by molar-refractivity contribution is -0.132. The third-order valence-corrected chi connectivity index (χ3v) is 3.27. The van der Waals surface area contributed by atoms with Crippen LogP contribution in [0.15, 0.2) is 0 Å². The van der Waals surface area contributed by atoms with Gasteiger partial charge < -0.3 is 20.1 Å². The number of methoxy groups -OCH3 is 1. The molecule has 1 aliphatic rings. The molecule has 1 heterocycles. The number of ether oxygens (including phenoxy) is 2. The maximum absolute atomic E-state index is 11.6. The summed E-state index contributed by atoms with van der Waals surface area (Å²) in [7, 11) is 1.62. The first-order chi connectivity index (χ1) is 8.74. The van der Waals surface area contributed by atoms with Crippen molar-refractivity contribution in [2.45, 2.75) is 32.3 Å². The van der Waals surface area contributed by atoms with Crippen LogP contribution in [0.25, 0.3) is 0 Å². The monoisotopic (exact) mass is 258 g/mol. The fourth-order valence-electron chi connectivity index (χ4n) is 2.08. The van der Waals surface area contributed by atoms with Gasteiger partial charge in [-0.05, 0) is 45.2 Å². The van der Waals surface area contributed by atoms with Gasteiger partial charge in [0.1, 0.15) is 6.10 Å². The van der Waals surface area contributed by atoms with E-state index in [2.05, 4.69) is 10.6 Å². The maximum Gasteiger partial charge on any atom is 0.248 e. The Hall–Kier alpha value is -0.650. The topological polar surface area (TPSA) is 59.6 Å². The molecule has 5 heteroatoms. The molecule has 0 aromatic heterocycles. The van der Waals surface area contributed by atoms with Crippen molar-refractivity contribution in [3.8, 4) is 0 Å². The number of hydrogen-bond donors (Lipinski definition) is 2. The highest BCUT2D eigenvalue weighted by Gasteiger charge is 2.15. The Morgan fingerprint density at radius 2 is 2.33 bits per heavy atom. The lowest BCUT2D eigenvalue weighted by Gasteiger charge is -2.23. The van der Waals surface area contributed by atoms with E-state index in [9.17, 15) is 4.79 Å². The number of carbonyl (C=O) groups is 1. The van der Waals surface area contributed by atoms with Gasteiger partial charge in [0.05, 0.1) is 6.61 Å². The van der Waals surface area contributed by atoms with E-state index in [1.807, 2.05) is 0 Å². The maximum atomic E-state index is 11.6. The Balaban J connectivity index is 2.04. The second-order valence-corrected chi connectivity index (χ2v) is 4.80. The van der Waals surface area contributed by atoms with Crippen molar-refractivity contribution in [2.75, 3.05) is 40.0 Å². The molecule has 0 aromatic rings. The van der Waals surface area contributed by atoms with Gasteiger partial charge >= 0.3 is 0 Å². The van der Waals surface area contributed by atoms with E-state index in [0.717, 1.165) is 19.5 Å². The largest absolute Gasteiger partial charge is 0.383 e. The van der Waals surface area contributed by atoms with Crippen LogP contribution in [0.3, 0.4) is 0 Å². The second kappa shape index (κ2) is 9.30. The van der Waals surface area contributed by atoms with Crippen molar-refractivity contribution in [3.05, 3.63) is 0 Å². The van der Waals surface area contributed by atoms with Crippen molar-refractivity contribution < 1.29 is 14.3 Å². The Labute approximate surface area is 110 Å². The van der Waals surface area contributed by atoms with Crippen LogP contribution < -0.4 is 10.6 Å². The van der Waals surface area contributed by atoms with Gasteiger partial charge in [-0.1, -0.05) is 0 Å². The molecule has 0 spiro atoms. The summed E-state index contributed by atoms with van der Waals surface area (Å²) >= 11 is 0. The average molecular weight is 258 g/mol. The van der Waals surface area contributed by atoms with E-state index in [-0.39, 0.29) is 12.0 Å². The van der Waals surface area contributed by atoms with Crippen LogP contribution in [0.4, 0.5) is 0 Å². The van der Waals surface area contributed by atoms with Crippen LogP contribution in [-0.4, -0.2) is 52.0 Å². The molecule has 1 rings (SSSR count). The summed E-state index contributed by atoms with van der Waals surface area (Å²) in [5.41, 5.74) is 0. The third-order valence-electron chi connectivity index (χ3n) is 3.27. The van der Waals surface area contributed by atoms with Crippen LogP contribution in [0.5, 0.6) is 0 Å². The van der Waals surface area contributed by atoms with Gasteiger partial charge in [0, 0.05) is 20.3 Å². The molecule has 106 valence electrons. The summed E-state index contributed by atoms with van der Waals surface area (Å²) in [6.45, 7) is 5.74. The minimum Gasteiger partial charge on any atom is -0.383 e. The molecule has 18 heavy (non-hydrogen) atoms. The minimum absolute atomic E-state index is 0.0613. The summed E-state index contributed by atoms with van der Waals surface area (Å²) in [6, 6.07) is 0. The molecule has 0 bridgehead atoms. The summed E-state index contributed by atoms with van der Waals surface area (Å²) in [6.07, 6.45) is 3.17. The van der Waals surface area contributed by atoms with E-state index in [1.165, 1.54) is 12.8 Å². The SMILES string of the molecule is COCCNC(=O)C(C)OCCC1CCCNC1. The molecule has 5 nitrogen and oxygen atoms in total. The van der Waals surface area contributed by atoms with Crippen LogP contribution in [0.2, 0.25) is 0 Å². The molecule has 0 aliphatic carbocycles. The van der Waals surface area contributed by atoms with Gasteiger partial charge in [0.25, 0.3) is 0 Å². The molecule has 2 unspecified atom stereocenters. The van der Waals surface area contributed by atoms with Gasteiger partial charge in [-0.2, -0.15) is 0 Å². The highest BCUT2D eigenvalue weighted by Crippen LogP contribution is 2.14. The Bertz CT molecular complexity index is 230. The molecule has 1 saturated heterocycles. The number of hydrogen-bond acceptors (Lipinski definition) is 4. The van der Waals surface area contributed by atoms with Crippen molar-refractivity contribution >= 4 is 5.91 Å². The van der Waals surface area contributed by atoms with Crippen LogP contribution in [0, 0.1) is 5.92 Å². The molecule has 2 atom stereocenters. The summed E-state index contributed by atoms with van der Waals surface area (Å²) < 4.78 is 10.4. The molecule has 1 fully saturated rings. The molecule has 1 amide bonds. The van der Waals surface area contributed by atoms with Crippen molar-refractivity contribution in [1.29, 1.82) is 0 Å². The number of piperidine rings is 1. The normalized spacial score (nSPS) is 21.6. The predicted molar refractivity (Wildman–Crippen MR) is 70.5 cm³/mol. The van der Waals surface area contributed by atoms with E-state index in [1.54, 1.807) is 14.0 Å². The zero-order chi connectivity index (χ0) is 13.2. The van der Waals surface area contributed by atoms with E-state index >= 15 is 0 Å². The third kappa shape index (κ3) is 6.33. The van der Waals surface area contributed by atoms with Crippen molar-refractivity contribution in [1.82, 2.24) is 10.6 Å². The second-order valence-electron chi connectivity index (χ2n) is 4.80. The standard InChI is InChI=1S/C13H26N2O3/c1-11(13(16)15-7-9-17-2)18-8-5-12-4-3-6-14-10-12/h11-12,14H,3-10H2,1-2H3,(H,15,16). The smallest absolute Gasteiger partial charge is 0.248 e. The van der Waals surface area contributed by atoms with Gasteiger partial charge in [-0.15, -0.1) is 0 Å². The fraction of sp³-hybridized carbons (Fsp3) is 0.923. The summed E-state index contributed by atoms with van der Waals surface area (Å²) in [5, 5.41) is 6.15.